The monoisotopic (exact) mass is 374 g/mol. The Morgan fingerprint density at radius 3 is 2.67 bits per heavy atom. The van der Waals surface area contributed by atoms with Crippen LogP contribution in [0.2, 0.25) is 0 Å². The summed E-state index contributed by atoms with van der Waals surface area (Å²) in [7, 11) is 0. The van der Waals surface area contributed by atoms with Gasteiger partial charge in [0.25, 0.3) is 5.91 Å². The number of rotatable bonds is 4. The number of hydrogen-bond donors (Lipinski definition) is 2. The molecule has 2 aromatic heterocycles. The van der Waals surface area contributed by atoms with E-state index in [1.165, 1.54) is 17.4 Å². The predicted octanol–water partition coefficient (Wildman–Crippen LogP) is 4.91. The van der Waals surface area contributed by atoms with Crippen molar-refractivity contribution in [1.29, 1.82) is 0 Å². The van der Waals surface area contributed by atoms with Crippen molar-refractivity contribution in [1.82, 2.24) is 4.98 Å². The number of carbonyl (C=O) groups excluding carboxylic acids is 1. The van der Waals surface area contributed by atoms with Gasteiger partial charge in [0, 0.05) is 11.6 Å². The van der Waals surface area contributed by atoms with Crippen molar-refractivity contribution >= 4 is 39.8 Å². The summed E-state index contributed by atoms with van der Waals surface area (Å²) in [6, 6.07) is 18.0. The zero-order valence-corrected chi connectivity index (χ0v) is 14.9. The lowest BCUT2D eigenvalue weighted by Gasteiger charge is -2.06. The molecule has 4 aromatic rings. The molecule has 0 spiro atoms. The lowest BCUT2D eigenvalue weighted by Crippen LogP contribution is -2.13. The molecular formula is C21H14N2O3S. The molecule has 132 valence electrons. The molecule has 6 heteroatoms. The molecule has 0 bridgehead atoms. The summed E-state index contributed by atoms with van der Waals surface area (Å²) in [5.74, 6) is -1.41. The van der Waals surface area contributed by atoms with Gasteiger partial charge >= 0.3 is 5.97 Å². The van der Waals surface area contributed by atoms with E-state index in [-0.39, 0.29) is 17.2 Å². The summed E-state index contributed by atoms with van der Waals surface area (Å²) in [6.07, 6.45) is 1.75. The summed E-state index contributed by atoms with van der Waals surface area (Å²) in [5.41, 5.74) is 3.19. The van der Waals surface area contributed by atoms with Crippen LogP contribution in [0.5, 0.6) is 0 Å². The molecule has 0 aliphatic carbocycles. The fraction of sp³-hybridized carbons (Fsp3) is 0. The number of carboxylic acids is 1. The molecule has 2 N–H and O–H groups in total. The number of fused-ring (bicyclic) bond motifs is 1. The van der Waals surface area contributed by atoms with E-state index < -0.39 is 5.97 Å². The number of carboxylic acid groups (broad SMARTS) is 1. The molecule has 27 heavy (non-hydrogen) atoms. The SMILES string of the molecule is O=C(Nc1ccccc1C(=O)O)c1cc(-c2ccc3ncccc3c2)cs1. The van der Waals surface area contributed by atoms with Gasteiger partial charge in [0.15, 0.2) is 0 Å². The number of nitrogens with zero attached hydrogens (tertiary/aromatic N) is 1. The molecule has 0 radical (unpaired) electrons. The quantitative estimate of drug-likeness (QED) is 0.532. The van der Waals surface area contributed by atoms with Crippen molar-refractivity contribution in [2.24, 2.45) is 0 Å². The zero-order chi connectivity index (χ0) is 18.8. The molecule has 4 rings (SSSR count). The molecule has 0 fully saturated rings. The number of carbonyl (C=O) groups is 2. The molecule has 1 amide bonds. The van der Waals surface area contributed by atoms with Crippen LogP contribution in [0.15, 0.2) is 72.2 Å². The van der Waals surface area contributed by atoms with Gasteiger partial charge < -0.3 is 10.4 Å². The summed E-state index contributed by atoms with van der Waals surface area (Å²) in [4.78, 5) is 28.6. The Morgan fingerprint density at radius 1 is 0.963 bits per heavy atom. The third-order valence-corrected chi connectivity index (χ3v) is 5.09. The van der Waals surface area contributed by atoms with Crippen molar-refractivity contribution in [3.05, 3.63) is 82.7 Å². The van der Waals surface area contributed by atoms with Crippen LogP contribution < -0.4 is 5.32 Å². The highest BCUT2D eigenvalue weighted by molar-refractivity contribution is 7.12. The standard InChI is InChI=1S/C21H14N2O3S/c24-20(23-18-6-2-1-5-16(18)21(25)26)19-11-15(12-27-19)13-7-8-17-14(10-13)4-3-9-22-17/h1-12H,(H,23,24)(H,25,26). The van der Waals surface area contributed by atoms with Crippen molar-refractivity contribution in [2.45, 2.75) is 0 Å². The van der Waals surface area contributed by atoms with E-state index >= 15 is 0 Å². The summed E-state index contributed by atoms with van der Waals surface area (Å²) >= 11 is 1.32. The van der Waals surface area contributed by atoms with Crippen LogP contribution >= 0.6 is 11.3 Å². The van der Waals surface area contributed by atoms with Crippen molar-refractivity contribution in [3.8, 4) is 11.1 Å². The van der Waals surface area contributed by atoms with Crippen molar-refractivity contribution in [3.63, 3.8) is 0 Å². The fourth-order valence-corrected chi connectivity index (χ4v) is 3.64. The van der Waals surface area contributed by atoms with Gasteiger partial charge in [-0.25, -0.2) is 4.79 Å². The molecule has 0 aliphatic heterocycles. The number of thiophene rings is 1. The Hall–Kier alpha value is -3.51. The first-order chi connectivity index (χ1) is 13.1. The van der Waals surface area contributed by atoms with E-state index in [0.717, 1.165) is 22.0 Å². The van der Waals surface area contributed by atoms with Gasteiger partial charge in [-0.05, 0) is 52.9 Å². The smallest absolute Gasteiger partial charge is 0.337 e. The third kappa shape index (κ3) is 3.43. The molecule has 2 aromatic carbocycles. The van der Waals surface area contributed by atoms with Crippen molar-refractivity contribution < 1.29 is 14.7 Å². The number of amides is 1. The second-order valence-corrected chi connectivity index (χ2v) is 6.83. The minimum absolute atomic E-state index is 0.0599. The number of aromatic carboxylic acids is 1. The molecule has 0 saturated heterocycles. The highest BCUT2D eigenvalue weighted by Gasteiger charge is 2.15. The number of hydrogen-bond acceptors (Lipinski definition) is 4. The zero-order valence-electron chi connectivity index (χ0n) is 14.0. The van der Waals surface area contributed by atoms with Crippen LogP contribution in [-0.4, -0.2) is 22.0 Å². The average molecular weight is 374 g/mol. The van der Waals surface area contributed by atoms with Crippen LogP contribution in [0.25, 0.3) is 22.0 Å². The maximum Gasteiger partial charge on any atom is 0.337 e. The van der Waals surface area contributed by atoms with Crippen LogP contribution in [0, 0.1) is 0 Å². The van der Waals surface area contributed by atoms with Crippen LogP contribution in [-0.2, 0) is 0 Å². The highest BCUT2D eigenvalue weighted by Crippen LogP contribution is 2.28. The largest absolute Gasteiger partial charge is 0.478 e. The topological polar surface area (TPSA) is 79.3 Å². The molecular weight excluding hydrogens is 360 g/mol. The van der Waals surface area contributed by atoms with Gasteiger partial charge in [0.1, 0.15) is 0 Å². The Bertz CT molecular complexity index is 1170. The van der Waals surface area contributed by atoms with Gasteiger partial charge in [-0.3, -0.25) is 9.78 Å². The molecule has 2 heterocycles. The van der Waals surface area contributed by atoms with Crippen LogP contribution in [0.4, 0.5) is 5.69 Å². The summed E-state index contributed by atoms with van der Waals surface area (Å²) < 4.78 is 0. The lowest BCUT2D eigenvalue weighted by atomic mass is 10.1. The Labute approximate surface area is 158 Å². The van der Waals surface area contributed by atoms with Gasteiger partial charge in [-0.1, -0.05) is 24.3 Å². The lowest BCUT2D eigenvalue weighted by molar-refractivity contribution is 0.0698. The molecule has 0 unspecified atom stereocenters. The Balaban J connectivity index is 1.60. The Kier molecular flexibility index (Phi) is 4.40. The third-order valence-electron chi connectivity index (χ3n) is 4.17. The Morgan fingerprint density at radius 2 is 1.81 bits per heavy atom. The minimum Gasteiger partial charge on any atom is -0.478 e. The van der Waals surface area contributed by atoms with Crippen LogP contribution in [0.3, 0.4) is 0 Å². The normalized spacial score (nSPS) is 10.7. The van der Waals surface area contributed by atoms with E-state index in [0.29, 0.717) is 4.88 Å². The van der Waals surface area contributed by atoms with E-state index in [2.05, 4.69) is 10.3 Å². The van der Waals surface area contributed by atoms with Gasteiger partial charge in [-0.2, -0.15) is 0 Å². The average Bonchev–Trinajstić information content (AvgIpc) is 3.18. The van der Waals surface area contributed by atoms with Crippen molar-refractivity contribution in [2.75, 3.05) is 5.32 Å². The maximum absolute atomic E-state index is 12.5. The number of aromatic nitrogens is 1. The number of anilines is 1. The first-order valence-electron chi connectivity index (χ1n) is 8.19. The fourth-order valence-electron chi connectivity index (χ4n) is 2.82. The van der Waals surface area contributed by atoms with E-state index in [1.54, 1.807) is 30.5 Å². The van der Waals surface area contributed by atoms with E-state index in [9.17, 15) is 14.7 Å². The second-order valence-electron chi connectivity index (χ2n) is 5.92. The first kappa shape index (κ1) is 16.9. The number of pyridine rings is 1. The molecule has 0 saturated carbocycles. The van der Waals surface area contributed by atoms with Gasteiger partial charge in [0.2, 0.25) is 0 Å². The van der Waals surface area contributed by atoms with Crippen LogP contribution in [0.1, 0.15) is 20.0 Å². The molecule has 0 atom stereocenters. The summed E-state index contributed by atoms with van der Waals surface area (Å²) in [5, 5.41) is 14.9. The maximum atomic E-state index is 12.5. The number of nitrogens with one attached hydrogen (secondary N) is 1. The first-order valence-corrected chi connectivity index (χ1v) is 9.07. The van der Waals surface area contributed by atoms with Gasteiger partial charge in [0.05, 0.1) is 21.6 Å². The van der Waals surface area contributed by atoms with Gasteiger partial charge in [-0.15, -0.1) is 11.3 Å². The van der Waals surface area contributed by atoms with E-state index in [4.69, 9.17) is 0 Å². The highest BCUT2D eigenvalue weighted by atomic mass is 32.1. The predicted molar refractivity (Wildman–Crippen MR) is 106 cm³/mol. The number of para-hydroxylation sites is 1. The summed E-state index contributed by atoms with van der Waals surface area (Å²) in [6.45, 7) is 0. The molecule has 0 aliphatic rings. The van der Waals surface area contributed by atoms with E-state index in [1.807, 2.05) is 35.7 Å². The number of benzene rings is 2. The minimum atomic E-state index is -1.08. The molecule has 5 nitrogen and oxygen atoms in total. The second kappa shape index (κ2) is 7.01.